The molecule has 0 saturated heterocycles. The Morgan fingerprint density at radius 3 is 2.73 bits per heavy atom. The zero-order chi connectivity index (χ0) is 28.3. The predicted molar refractivity (Wildman–Crippen MR) is 159 cm³/mol. The number of ether oxygens (including phenoxy) is 1. The number of rotatable bonds is 10. The highest BCUT2D eigenvalue weighted by Gasteiger charge is 2.16. The van der Waals surface area contributed by atoms with Crippen molar-refractivity contribution in [2.24, 2.45) is 0 Å². The molecule has 1 aromatic carbocycles. The maximum Gasteiger partial charge on any atom is 0.138 e. The molecule has 5 aromatic heterocycles. The second-order valence-corrected chi connectivity index (χ2v) is 10.2. The first-order valence-electron chi connectivity index (χ1n) is 13.5. The van der Waals surface area contributed by atoms with Crippen molar-refractivity contribution in [3.63, 3.8) is 0 Å². The van der Waals surface area contributed by atoms with Gasteiger partial charge in [-0.05, 0) is 73.7 Å². The van der Waals surface area contributed by atoms with E-state index >= 15 is 0 Å². The van der Waals surface area contributed by atoms with Gasteiger partial charge in [-0.3, -0.25) is 15.1 Å². The summed E-state index contributed by atoms with van der Waals surface area (Å²) in [5.74, 6) is 0.135. The third-order valence-corrected chi connectivity index (χ3v) is 6.89. The van der Waals surface area contributed by atoms with Gasteiger partial charge in [-0.1, -0.05) is 6.92 Å². The number of pyridine rings is 3. The van der Waals surface area contributed by atoms with Gasteiger partial charge in [0.25, 0.3) is 0 Å². The zero-order valence-electron chi connectivity index (χ0n) is 23.2. The van der Waals surface area contributed by atoms with Gasteiger partial charge in [-0.2, -0.15) is 5.10 Å². The van der Waals surface area contributed by atoms with Crippen molar-refractivity contribution in [2.45, 2.75) is 13.5 Å². The highest BCUT2D eigenvalue weighted by molar-refractivity contribution is 6.00. The van der Waals surface area contributed by atoms with E-state index in [0.29, 0.717) is 23.6 Å². The number of aromatic nitrogens is 6. The first-order chi connectivity index (χ1) is 20.0. The van der Waals surface area contributed by atoms with Crippen molar-refractivity contribution in [3.05, 3.63) is 78.6 Å². The Labute approximate surface area is 236 Å². The summed E-state index contributed by atoms with van der Waals surface area (Å²) in [7, 11) is 3.94. The maximum absolute atomic E-state index is 14.6. The van der Waals surface area contributed by atoms with Crippen LogP contribution >= 0.6 is 0 Å². The molecular formula is C31H31FN8O. The summed E-state index contributed by atoms with van der Waals surface area (Å²) in [6, 6.07) is 12.8. The standard InChI is InChI=1S/C31H31FN8O/c1-4-33-15-19-9-21(17-34-16-19)27-14-26-29(18-36-27)38-39-30(26)28-13-25-24(5-6-35-31(25)37-28)20-10-22(32)12-23(11-20)41-8-7-40(2)3/h5-6,9-14,16-18,33H,4,7-8,15H2,1-3H3,(H,35,37)(H,38,39). The summed E-state index contributed by atoms with van der Waals surface area (Å²) in [6.45, 7) is 4.91. The number of H-pyrrole nitrogens is 2. The fraction of sp³-hybridized carbons (Fsp3) is 0.226. The van der Waals surface area contributed by atoms with Crippen LogP contribution in [0.3, 0.4) is 0 Å². The van der Waals surface area contributed by atoms with E-state index in [1.165, 1.54) is 12.1 Å². The van der Waals surface area contributed by atoms with Crippen molar-refractivity contribution in [2.75, 3.05) is 33.8 Å². The first-order valence-corrected chi connectivity index (χ1v) is 13.5. The van der Waals surface area contributed by atoms with Crippen LogP contribution in [0.4, 0.5) is 4.39 Å². The monoisotopic (exact) mass is 550 g/mol. The smallest absolute Gasteiger partial charge is 0.138 e. The molecule has 0 saturated carbocycles. The van der Waals surface area contributed by atoms with E-state index in [1.54, 1.807) is 12.4 Å². The largest absolute Gasteiger partial charge is 0.492 e. The van der Waals surface area contributed by atoms with E-state index in [-0.39, 0.29) is 5.82 Å². The fourth-order valence-corrected chi connectivity index (χ4v) is 4.83. The molecule has 0 spiro atoms. The molecule has 0 aliphatic carbocycles. The number of nitrogens with zero attached hydrogens (tertiary/aromatic N) is 5. The van der Waals surface area contributed by atoms with Crippen LogP contribution in [0.2, 0.25) is 0 Å². The maximum atomic E-state index is 14.6. The Morgan fingerprint density at radius 2 is 1.88 bits per heavy atom. The van der Waals surface area contributed by atoms with Gasteiger partial charge < -0.3 is 19.9 Å². The van der Waals surface area contributed by atoms with Gasteiger partial charge in [0.1, 0.15) is 29.5 Å². The van der Waals surface area contributed by atoms with Crippen LogP contribution in [0, 0.1) is 5.82 Å². The minimum Gasteiger partial charge on any atom is -0.492 e. The van der Waals surface area contributed by atoms with Crippen LogP contribution in [0.25, 0.3) is 55.7 Å². The zero-order valence-corrected chi connectivity index (χ0v) is 23.2. The summed E-state index contributed by atoms with van der Waals surface area (Å²) >= 11 is 0. The Bertz CT molecular complexity index is 1830. The minimum atomic E-state index is -0.356. The van der Waals surface area contributed by atoms with Crippen LogP contribution < -0.4 is 10.1 Å². The molecule has 41 heavy (non-hydrogen) atoms. The second-order valence-electron chi connectivity index (χ2n) is 10.2. The summed E-state index contributed by atoms with van der Waals surface area (Å²) < 4.78 is 20.4. The topological polar surface area (TPSA) is 108 Å². The molecule has 9 nitrogen and oxygen atoms in total. The number of aromatic amines is 2. The summed E-state index contributed by atoms with van der Waals surface area (Å²) in [5, 5.41) is 12.8. The lowest BCUT2D eigenvalue weighted by Crippen LogP contribution is -2.19. The van der Waals surface area contributed by atoms with E-state index in [9.17, 15) is 4.39 Å². The van der Waals surface area contributed by atoms with Gasteiger partial charge in [-0.25, -0.2) is 9.37 Å². The molecular weight excluding hydrogens is 519 g/mol. The van der Waals surface area contributed by atoms with Crippen LogP contribution in [0.1, 0.15) is 12.5 Å². The molecule has 10 heteroatoms. The van der Waals surface area contributed by atoms with Crippen LogP contribution in [-0.4, -0.2) is 68.8 Å². The average Bonchev–Trinajstić information content (AvgIpc) is 3.59. The third kappa shape index (κ3) is 5.65. The van der Waals surface area contributed by atoms with Crippen molar-refractivity contribution in [1.82, 2.24) is 40.3 Å². The molecule has 0 fully saturated rings. The molecule has 3 N–H and O–H groups in total. The fourth-order valence-electron chi connectivity index (χ4n) is 4.83. The normalized spacial score (nSPS) is 11.6. The molecule has 5 heterocycles. The molecule has 0 aliphatic rings. The van der Waals surface area contributed by atoms with Crippen molar-refractivity contribution in [3.8, 4) is 39.5 Å². The lowest BCUT2D eigenvalue weighted by atomic mass is 10.0. The number of nitrogens with one attached hydrogen (secondary N) is 3. The van der Waals surface area contributed by atoms with Crippen molar-refractivity contribution < 1.29 is 9.13 Å². The van der Waals surface area contributed by atoms with Crippen LogP contribution in [0.15, 0.2) is 67.3 Å². The average molecular weight is 551 g/mol. The number of hydrogen-bond acceptors (Lipinski definition) is 7. The molecule has 6 aromatic rings. The second kappa shape index (κ2) is 11.4. The summed E-state index contributed by atoms with van der Waals surface area (Å²) in [4.78, 5) is 19.0. The van der Waals surface area contributed by atoms with Crippen molar-refractivity contribution >= 4 is 21.9 Å². The van der Waals surface area contributed by atoms with E-state index in [0.717, 1.165) is 69.7 Å². The van der Waals surface area contributed by atoms with Crippen molar-refractivity contribution in [1.29, 1.82) is 0 Å². The highest BCUT2D eigenvalue weighted by atomic mass is 19.1. The molecule has 208 valence electrons. The van der Waals surface area contributed by atoms with Gasteiger partial charge >= 0.3 is 0 Å². The van der Waals surface area contributed by atoms with Gasteiger partial charge in [0, 0.05) is 54.1 Å². The SMILES string of the molecule is CCNCc1cncc(-c2cc3c(-c4cc5c(-c6cc(F)cc(OCCN(C)C)c6)ccnc5[nH]4)n[nH]c3cn2)c1. The van der Waals surface area contributed by atoms with E-state index in [4.69, 9.17) is 4.74 Å². The molecule has 0 bridgehead atoms. The van der Waals surface area contributed by atoms with Crippen LogP contribution in [-0.2, 0) is 6.54 Å². The number of benzene rings is 1. The minimum absolute atomic E-state index is 0.356. The van der Waals surface area contributed by atoms with Gasteiger partial charge in [0.05, 0.1) is 23.1 Å². The molecule has 0 aliphatic heterocycles. The van der Waals surface area contributed by atoms with E-state index in [2.05, 4.69) is 48.4 Å². The van der Waals surface area contributed by atoms with Gasteiger partial charge in [0.15, 0.2) is 0 Å². The molecule has 0 amide bonds. The highest BCUT2D eigenvalue weighted by Crippen LogP contribution is 2.35. The Balaban J connectivity index is 1.37. The number of hydrogen-bond donors (Lipinski definition) is 3. The van der Waals surface area contributed by atoms with E-state index in [1.807, 2.05) is 55.7 Å². The Hall–Kier alpha value is -4.67. The molecule has 6 rings (SSSR count). The van der Waals surface area contributed by atoms with Gasteiger partial charge in [-0.15, -0.1) is 0 Å². The quantitative estimate of drug-likeness (QED) is 0.209. The Morgan fingerprint density at radius 1 is 0.976 bits per heavy atom. The van der Waals surface area contributed by atoms with Crippen LogP contribution in [0.5, 0.6) is 5.75 Å². The summed E-state index contributed by atoms with van der Waals surface area (Å²) in [6.07, 6.45) is 7.18. The Kier molecular flexibility index (Phi) is 7.41. The first kappa shape index (κ1) is 26.5. The van der Waals surface area contributed by atoms with E-state index < -0.39 is 0 Å². The molecule has 0 radical (unpaired) electrons. The van der Waals surface area contributed by atoms with Gasteiger partial charge in [0.2, 0.25) is 0 Å². The summed E-state index contributed by atoms with van der Waals surface area (Å²) in [5.41, 5.74) is 7.44. The number of fused-ring (bicyclic) bond motifs is 2. The number of likely N-dealkylation sites (N-methyl/N-ethyl adjacent to an activating group) is 1. The third-order valence-electron chi connectivity index (χ3n) is 6.89. The lowest BCUT2D eigenvalue weighted by molar-refractivity contribution is 0.260. The number of halogens is 1. The molecule has 0 atom stereocenters. The molecule has 0 unspecified atom stereocenters. The predicted octanol–water partition coefficient (Wildman–Crippen LogP) is 5.42. The lowest BCUT2D eigenvalue weighted by Gasteiger charge is -2.12.